The second kappa shape index (κ2) is 11.4. The molecule has 0 bridgehead atoms. The van der Waals surface area contributed by atoms with E-state index in [1.807, 2.05) is 43.3 Å². The summed E-state index contributed by atoms with van der Waals surface area (Å²) >= 11 is 0. The first kappa shape index (κ1) is 24.1. The standard InChI is InChI=1S/C26H22N6O4/c1-19-10-12-21(13-11-19)31(15-6-14-27)24(33)18-36-26(34)23(17-22-9-5-16-35-22)32-25(28-29-30-32)20-7-3-2-4-8-20/h2-5,7-13,16-17H,6,15,18H2,1H3/b23-17-. The molecule has 0 spiro atoms. The van der Waals surface area contributed by atoms with Crippen molar-refractivity contribution in [3.63, 3.8) is 0 Å². The number of esters is 1. The monoisotopic (exact) mass is 482 g/mol. The van der Waals surface area contributed by atoms with Crippen LogP contribution in [0.1, 0.15) is 17.7 Å². The van der Waals surface area contributed by atoms with E-state index in [1.165, 1.54) is 21.9 Å². The molecule has 0 saturated carbocycles. The van der Waals surface area contributed by atoms with Gasteiger partial charge in [0.1, 0.15) is 5.76 Å². The van der Waals surface area contributed by atoms with Crippen LogP contribution < -0.4 is 4.90 Å². The van der Waals surface area contributed by atoms with Gasteiger partial charge in [0.25, 0.3) is 5.91 Å². The van der Waals surface area contributed by atoms with Crippen molar-refractivity contribution in [2.75, 3.05) is 18.1 Å². The highest BCUT2D eigenvalue weighted by Crippen LogP contribution is 2.22. The molecule has 36 heavy (non-hydrogen) atoms. The van der Waals surface area contributed by atoms with Crippen LogP contribution >= 0.6 is 0 Å². The average molecular weight is 483 g/mol. The predicted molar refractivity (Wildman–Crippen MR) is 131 cm³/mol. The molecule has 4 rings (SSSR count). The van der Waals surface area contributed by atoms with E-state index in [-0.39, 0.29) is 18.7 Å². The molecule has 0 unspecified atom stereocenters. The second-order valence-corrected chi connectivity index (χ2v) is 7.69. The lowest BCUT2D eigenvalue weighted by molar-refractivity contribution is -0.142. The van der Waals surface area contributed by atoms with Crippen LogP contribution in [0.25, 0.3) is 23.2 Å². The SMILES string of the molecule is Cc1ccc(N(CCC#N)C(=O)COC(=O)/C(=C/c2ccco2)n2nnnc2-c2ccccc2)cc1. The molecule has 0 radical (unpaired) electrons. The minimum absolute atomic E-state index is 0.0412. The largest absolute Gasteiger partial charge is 0.465 e. The van der Waals surface area contributed by atoms with Crippen LogP contribution in [0.5, 0.6) is 0 Å². The lowest BCUT2D eigenvalue weighted by Crippen LogP contribution is -2.35. The summed E-state index contributed by atoms with van der Waals surface area (Å²) in [6, 6.07) is 21.7. The van der Waals surface area contributed by atoms with E-state index in [0.717, 1.165) is 5.56 Å². The van der Waals surface area contributed by atoms with Crippen molar-refractivity contribution in [3.8, 4) is 17.5 Å². The maximum absolute atomic E-state index is 13.2. The zero-order chi connectivity index (χ0) is 25.3. The molecule has 2 aromatic carbocycles. The summed E-state index contributed by atoms with van der Waals surface area (Å²) < 4.78 is 12.0. The minimum Gasteiger partial charge on any atom is -0.465 e. The topological polar surface area (TPSA) is 127 Å². The Labute approximate surface area is 207 Å². The maximum Gasteiger partial charge on any atom is 0.357 e. The van der Waals surface area contributed by atoms with Crippen molar-refractivity contribution < 1.29 is 18.7 Å². The zero-order valence-corrected chi connectivity index (χ0v) is 19.4. The molecule has 0 fully saturated rings. The highest BCUT2D eigenvalue weighted by molar-refractivity contribution is 6.16. The zero-order valence-electron chi connectivity index (χ0n) is 19.4. The molecule has 0 atom stereocenters. The van der Waals surface area contributed by atoms with Gasteiger partial charge in [-0.15, -0.1) is 5.10 Å². The summed E-state index contributed by atoms with van der Waals surface area (Å²) in [6.07, 6.45) is 3.02. The quantitative estimate of drug-likeness (QED) is 0.261. The lowest BCUT2D eigenvalue weighted by Gasteiger charge is -2.22. The van der Waals surface area contributed by atoms with Gasteiger partial charge in [-0.2, -0.15) is 9.94 Å². The molecule has 2 heterocycles. The van der Waals surface area contributed by atoms with Crippen molar-refractivity contribution in [2.45, 2.75) is 13.3 Å². The van der Waals surface area contributed by atoms with Crippen LogP contribution in [0.2, 0.25) is 0 Å². The molecular weight excluding hydrogens is 460 g/mol. The summed E-state index contributed by atoms with van der Waals surface area (Å²) in [5.74, 6) is -0.613. The fourth-order valence-corrected chi connectivity index (χ4v) is 3.39. The van der Waals surface area contributed by atoms with Crippen LogP contribution in [-0.2, 0) is 14.3 Å². The van der Waals surface area contributed by atoms with Crippen molar-refractivity contribution in [3.05, 3.63) is 84.3 Å². The van der Waals surface area contributed by atoms with Crippen molar-refractivity contribution in [1.29, 1.82) is 5.26 Å². The number of amides is 1. The Morgan fingerprint density at radius 1 is 1.11 bits per heavy atom. The molecule has 0 aliphatic rings. The minimum atomic E-state index is -0.826. The number of carbonyl (C=O) groups is 2. The normalized spacial score (nSPS) is 11.1. The number of furan rings is 1. The molecule has 0 aliphatic carbocycles. The predicted octanol–water partition coefficient (Wildman–Crippen LogP) is 3.73. The molecule has 0 aliphatic heterocycles. The van der Waals surface area contributed by atoms with Gasteiger partial charge in [-0.25, -0.2) is 4.79 Å². The number of benzene rings is 2. The Morgan fingerprint density at radius 3 is 2.58 bits per heavy atom. The highest BCUT2D eigenvalue weighted by Gasteiger charge is 2.24. The van der Waals surface area contributed by atoms with Crippen LogP contribution in [0.3, 0.4) is 0 Å². The summed E-state index contributed by atoms with van der Waals surface area (Å²) in [4.78, 5) is 27.6. The summed E-state index contributed by atoms with van der Waals surface area (Å²) in [5.41, 5.74) is 2.27. The van der Waals surface area contributed by atoms with Gasteiger partial charge in [-0.1, -0.05) is 48.0 Å². The summed E-state index contributed by atoms with van der Waals surface area (Å²) in [7, 11) is 0. The highest BCUT2D eigenvalue weighted by atomic mass is 16.5. The van der Waals surface area contributed by atoms with E-state index in [9.17, 15) is 9.59 Å². The van der Waals surface area contributed by atoms with Crippen LogP contribution in [0.4, 0.5) is 5.69 Å². The third-order valence-electron chi connectivity index (χ3n) is 5.18. The Hall–Kier alpha value is -5.04. The Morgan fingerprint density at radius 2 is 1.89 bits per heavy atom. The molecule has 1 amide bonds. The Balaban J connectivity index is 1.58. The van der Waals surface area contributed by atoms with E-state index < -0.39 is 18.5 Å². The van der Waals surface area contributed by atoms with E-state index in [4.69, 9.17) is 14.4 Å². The molecule has 10 nitrogen and oxygen atoms in total. The third-order valence-corrected chi connectivity index (χ3v) is 5.18. The van der Waals surface area contributed by atoms with Crippen molar-refractivity contribution in [2.24, 2.45) is 0 Å². The Kier molecular flexibility index (Phi) is 7.63. The second-order valence-electron chi connectivity index (χ2n) is 7.69. The van der Waals surface area contributed by atoms with E-state index in [2.05, 4.69) is 15.5 Å². The molecule has 0 saturated heterocycles. The third kappa shape index (κ3) is 5.71. The first-order valence-corrected chi connectivity index (χ1v) is 11.1. The van der Waals surface area contributed by atoms with E-state index in [1.54, 1.807) is 36.4 Å². The van der Waals surface area contributed by atoms with Crippen LogP contribution in [0, 0.1) is 18.3 Å². The number of ether oxygens (including phenoxy) is 1. The van der Waals surface area contributed by atoms with Gasteiger partial charge in [0.2, 0.25) is 0 Å². The fourth-order valence-electron chi connectivity index (χ4n) is 3.39. The number of carbonyl (C=O) groups excluding carboxylic acids is 2. The first-order chi connectivity index (χ1) is 17.6. The summed E-state index contributed by atoms with van der Waals surface area (Å²) in [6.45, 7) is 1.55. The number of tetrazole rings is 1. The first-order valence-electron chi connectivity index (χ1n) is 11.1. The molecule has 180 valence electrons. The van der Waals surface area contributed by atoms with Gasteiger partial charge in [0, 0.05) is 23.9 Å². The van der Waals surface area contributed by atoms with Gasteiger partial charge in [0.15, 0.2) is 18.1 Å². The number of rotatable bonds is 9. The molecule has 0 N–H and O–H groups in total. The van der Waals surface area contributed by atoms with Gasteiger partial charge >= 0.3 is 5.97 Å². The van der Waals surface area contributed by atoms with Crippen LogP contribution in [0.15, 0.2) is 77.4 Å². The number of aromatic nitrogens is 4. The molecule has 4 aromatic rings. The van der Waals surface area contributed by atoms with Crippen LogP contribution in [-0.4, -0.2) is 45.2 Å². The van der Waals surface area contributed by atoms with Gasteiger partial charge in [0.05, 0.1) is 18.8 Å². The maximum atomic E-state index is 13.2. The number of nitrogens with zero attached hydrogens (tertiary/aromatic N) is 6. The van der Waals surface area contributed by atoms with Gasteiger partial charge in [-0.3, -0.25) is 4.79 Å². The van der Waals surface area contributed by atoms with Crippen molar-refractivity contribution >= 4 is 29.3 Å². The number of anilines is 1. The molecule has 2 aromatic heterocycles. The number of nitriles is 1. The molecular formula is C26H22N6O4. The van der Waals surface area contributed by atoms with E-state index >= 15 is 0 Å². The van der Waals surface area contributed by atoms with Gasteiger partial charge < -0.3 is 14.1 Å². The number of hydrogen-bond acceptors (Lipinski definition) is 8. The van der Waals surface area contributed by atoms with Gasteiger partial charge in [-0.05, 0) is 41.6 Å². The lowest BCUT2D eigenvalue weighted by atomic mass is 10.2. The van der Waals surface area contributed by atoms with Crippen molar-refractivity contribution in [1.82, 2.24) is 20.2 Å². The number of hydrogen-bond donors (Lipinski definition) is 0. The average Bonchev–Trinajstić information content (AvgIpc) is 3.60. The fraction of sp³-hybridized carbons (Fsp3) is 0.154. The Bertz CT molecular complexity index is 1390. The smallest absolute Gasteiger partial charge is 0.357 e. The summed E-state index contributed by atoms with van der Waals surface area (Å²) in [5, 5.41) is 20.7. The number of aryl methyl sites for hydroxylation is 1. The molecule has 10 heteroatoms. The van der Waals surface area contributed by atoms with E-state index in [0.29, 0.717) is 22.8 Å².